The van der Waals surface area contributed by atoms with Crippen LogP contribution < -0.4 is 24.4 Å². The Hall–Kier alpha value is -2.89. The summed E-state index contributed by atoms with van der Waals surface area (Å²) in [6, 6.07) is 13.6. The van der Waals surface area contributed by atoms with Gasteiger partial charge in [-0.3, -0.25) is 4.79 Å². The van der Waals surface area contributed by atoms with Crippen molar-refractivity contribution in [2.45, 2.75) is 32.7 Å². The topological polar surface area (TPSA) is 60.0 Å². The highest BCUT2D eigenvalue weighted by atomic mass is 16.5. The van der Waals surface area contributed by atoms with Gasteiger partial charge in [-0.15, -0.1) is 0 Å². The Labute approximate surface area is 179 Å². The van der Waals surface area contributed by atoms with Crippen LogP contribution in [-0.2, 0) is 4.79 Å². The molecule has 0 aliphatic carbocycles. The largest absolute Gasteiger partial charge is 0.496 e. The van der Waals surface area contributed by atoms with Crippen LogP contribution in [0.15, 0.2) is 42.5 Å². The van der Waals surface area contributed by atoms with Gasteiger partial charge in [0.05, 0.1) is 20.3 Å². The molecule has 162 valence electrons. The third-order valence-electron chi connectivity index (χ3n) is 5.61. The third-order valence-corrected chi connectivity index (χ3v) is 5.61. The number of nitrogens with one attached hydrogen (secondary N) is 1. The Bertz CT molecular complexity index is 807. The predicted octanol–water partition coefficient (Wildman–Crippen LogP) is 4.20. The average molecular weight is 413 g/mol. The molecular formula is C24H32N2O4. The van der Waals surface area contributed by atoms with Gasteiger partial charge in [-0.1, -0.05) is 19.1 Å². The van der Waals surface area contributed by atoms with Crippen molar-refractivity contribution in [3.63, 3.8) is 0 Å². The highest BCUT2D eigenvalue weighted by Crippen LogP contribution is 2.27. The number of piperidine rings is 1. The number of methoxy groups -OCH3 is 2. The summed E-state index contributed by atoms with van der Waals surface area (Å²) in [6.07, 6.45) is 2.49. The molecule has 0 saturated carbocycles. The van der Waals surface area contributed by atoms with Gasteiger partial charge in [-0.2, -0.15) is 0 Å². The predicted molar refractivity (Wildman–Crippen MR) is 119 cm³/mol. The van der Waals surface area contributed by atoms with Crippen molar-refractivity contribution in [2.24, 2.45) is 5.92 Å². The van der Waals surface area contributed by atoms with Crippen LogP contribution >= 0.6 is 0 Å². The lowest BCUT2D eigenvalue weighted by Crippen LogP contribution is -2.33. The zero-order chi connectivity index (χ0) is 21.5. The van der Waals surface area contributed by atoms with E-state index in [-0.39, 0.29) is 18.6 Å². The molecule has 1 saturated heterocycles. The van der Waals surface area contributed by atoms with E-state index in [1.54, 1.807) is 32.4 Å². The Balaban J connectivity index is 1.51. The zero-order valence-corrected chi connectivity index (χ0v) is 18.3. The number of benzene rings is 2. The second-order valence-electron chi connectivity index (χ2n) is 7.89. The summed E-state index contributed by atoms with van der Waals surface area (Å²) in [4.78, 5) is 14.8. The zero-order valence-electron chi connectivity index (χ0n) is 18.3. The fourth-order valence-corrected chi connectivity index (χ4v) is 3.62. The summed E-state index contributed by atoms with van der Waals surface area (Å²) < 4.78 is 16.1. The van der Waals surface area contributed by atoms with E-state index in [1.807, 2.05) is 6.92 Å². The fourth-order valence-electron chi connectivity index (χ4n) is 3.62. The molecule has 1 aliphatic rings. The molecule has 2 aromatic carbocycles. The van der Waals surface area contributed by atoms with Crippen LogP contribution in [0.25, 0.3) is 0 Å². The molecule has 0 unspecified atom stereocenters. The lowest BCUT2D eigenvalue weighted by atomic mass is 9.98. The lowest BCUT2D eigenvalue weighted by molar-refractivity contribution is -0.123. The van der Waals surface area contributed by atoms with Crippen LogP contribution in [0.1, 0.15) is 38.3 Å². The lowest BCUT2D eigenvalue weighted by Gasteiger charge is -2.32. The monoisotopic (exact) mass is 412 g/mol. The third kappa shape index (κ3) is 5.81. The molecule has 1 fully saturated rings. The highest BCUT2D eigenvalue weighted by Gasteiger charge is 2.17. The molecule has 6 heteroatoms. The summed E-state index contributed by atoms with van der Waals surface area (Å²) in [5.41, 5.74) is 2.32. The van der Waals surface area contributed by atoms with Gasteiger partial charge in [0, 0.05) is 37.0 Å². The average Bonchev–Trinajstić information content (AvgIpc) is 2.78. The molecule has 0 radical (unpaired) electrons. The van der Waals surface area contributed by atoms with Gasteiger partial charge in [0.2, 0.25) is 0 Å². The molecule has 1 aliphatic heterocycles. The molecule has 30 heavy (non-hydrogen) atoms. The maximum atomic E-state index is 12.3. The van der Waals surface area contributed by atoms with Gasteiger partial charge in [-0.25, -0.2) is 0 Å². The molecule has 1 amide bonds. The Morgan fingerprint density at radius 2 is 1.60 bits per heavy atom. The van der Waals surface area contributed by atoms with Crippen LogP contribution in [0, 0.1) is 5.92 Å². The quantitative estimate of drug-likeness (QED) is 0.704. The maximum absolute atomic E-state index is 12.3. The Kier molecular flexibility index (Phi) is 7.44. The van der Waals surface area contributed by atoms with E-state index >= 15 is 0 Å². The van der Waals surface area contributed by atoms with E-state index in [9.17, 15) is 4.79 Å². The summed E-state index contributed by atoms with van der Waals surface area (Å²) in [5.74, 6) is 2.38. The molecule has 0 spiro atoms. The molecule has 1 atom stereocenters. The summed E-state index contributed by atoms with van der Waals surface area (Å²) >= 11 is 0. The highest BCUT2D eigenvalue weighted by molar-refractivity contribution is 5.78. The van der Waals surface area contributed by atoms with Gasteiger partial charge in [0.15, 0.2) is 6.61 Å². The number of carbonyl (C=O) groups is 1. The van der Waals surface area contributed by atoms with Crippen LogP contribution in [0.2, 0.25) is 0 Å². The van der Waals surface area contributed by atoms with Gasteiger partial charge >= 0.3 is 0 Å². The van der Waals surface area contributed by atoms with E-state index in [2.05, 4.69) is 41.4 Å². The smallest absolute Gasteiger partial charge is 0.258 e. The molecule has 2 aromatic rings. The minimum Gasteiger partial charge on any atom is -0.496 e. The van der Waals surface area contributed by atoms with Crippen molar-refractivity contribution in [1.82, 2.24) is 5.32 Å². The Morgan fingerprint density at radius 3 is 2.17 bits per heavy atom. The number of nitrogens with zero attached hydrogens (tertiary/aromatic N) is 1. The normalized spacial score (nSPS) is 15.4. The Morgan fingerprint density at radius 1 is 1.03 bits per heavy atom. The molecule has 1 heterocycles. The second kappa shape index (κ2) is 10.2. The van der Waals surface area contributed by atoms with Crippen molar-refractivity contribution >= 4 is 11.6 Å². The summed E-state index contributed by atoms with van der Waals surface area (Å²) in [6.45, 7) is 6.44. The number of hydrogen-bond donors (Lipinski definition) is 1. The number of ether oxygens (including phenoxy) is 3. The molecule has 1 N–H and O–H groups in total. The van der Waals surface area contributed by atoms with Crippen molar-refractivity contribution in [3.8, 4) is 17.2 Å². The van der Waals surface area contributed by atoms with E-state index < -0.39 is 0 Å². The van der Waals surface area contributed by atoms with Crippen molar-refractivity contribution in [1.29, 1.82) is 0 Å². The molecular weight excluding hydrogens is 380 g/mol. The van der Waals surface area contributed by atoms with E-state index in [0.29, 0.717) is 17.2 Å². The van der Waals surface area contributed by atoms with Crippen LogP contribution in [0.3, 0.4) is 0 Å². The van der Waals surface area contributed by atoms with Crippen molar-refractivity contribution in [3.05, 3.63) is 48.0 Å². The van der Waals surface area contributed by atoms with Crippen molar-refractivity contribution < 1.29 is 19.0 Å². The molecule has 0 bridgehead atoms. The first-order valence-corrected chi connectivity index (χ1v) is 10.5. The number of amides is 1. The van der Waals surface area contributed by atoms with Crippen LogP contribution in [0.5, 0.6) is 17.2 Å². The van der Waals surface area contributed by atoms with Crippen molar-refractivity contribution in [2.75, 3.05) is 38.8 Å². The van der Waals surface area contributed by atoms with Crippen LogP contribution in [-0.4, -0.2) is 39.8 Å². The molecule has 0 aromatic heterocycles. The maximum Gasteiger partial charge on any atom is 0.258 e. The number of rotatable bonds is 8. The molecule has 6 nitrogen and oxygen atoms in total. The van der Waals surface area contributed by atoms with E-state index in [1.165, 1.54) is 18.5 Å². The minimum atomic E-state index is -0.182. The second-order valence-corrected chi connectivity index (χ2v) is 7.89. The first-order chi connectivity index (χ1) is 14.5. The van der Waals surface area contributed by atoms with Gasteiger partial charge in [0.25, 0.3) is 5.91 Å². The first-order valence-electron chi connectivity index (χ1n) is 10.5. The minimum absolute atomic E-state index is 0.0787. The fraction of sp³-hybridized carbons (Fsp3) is 0.458. The number of anilines is 1. The first kappa shape index (κ1) is 21.8. The molecule has 3 rings (SSSR count). The van der Waals surface area contributed by atoms with Gasteiger partial charge in [-0.05, 0) is 43.4 Å². The van der Waals surface area contributed by atoms with Crippen LogP contribution in [0.4, 0.5) is 5.69 Å². The van der Waals surface area contributed by atoms with Gasteiger partial charge in [0.1, 0.15) is 17.2 Å². The van der Waals surface area contributed by atoms with E-state index in [0.717, 1.165) is 24.6 Å². The summed E-state index contributed by atoms with van der Waals surface area (Å²) in [7, 11) is 3.15. The van der Waals surface area contributed by atoms with E-state index in [4.69, 9.17) is 14.2 Å². The standard InChI is InChI=1S/C24H32N2O4/c1-17-9-11-26(12-10-17)20-7-5-19(6-8-20)18(2)25-24(27)16-30-23-14-21(28-3)13-22(15-23)29-4/h5-8,13-15,17-18H,9-12,16H2,1-4H3,(H,25,27)/t18-/m1/s1. The number of hydrogen-bond acceptors (Lipinski definition) is 5. The summed E-state index contributed by atoms with van der Waals surface area (Å²) in [5, 5.41) is 2.99. The van der Waals surface area contributed by atoms with Gasteiger partial charge < -0.3 is 24.4 Å². The SMILES string of the molecule is COc1cc(OC)cc(OCC(=O)N[C@H](C)c2ccc(N3CCC(C)CC3)cc2)c1. The number of carbonyl (C=O) groups excluding carboxylic acids is 1.